The van der Waals surface area contributed by atoms with Crippen molar-refractivity contribution in [2.45, 2.75) is 37.7 Å². The van der Waals surface area contributed by atoms with E-state index in [4.69, 9.17) is 11.6 Å². The number of piperidine rings is 1. The number of urea groups is 1. The molecule has 1 aliphatic carbocycles. The van der Waals surface area contributed by atoms with Crippen molar-refractivity contribution in [3.63, 3.8) is 0 Å². The fourth-order valence-electron chi connectivity index (χ4n) is 3.44. The summed E-state index contributed by atoms with van der Waals surface area (Å²) in [7, 11) is 0. The maximum absolute atomic E-state index is 12.3. The van der Waals surface area contributed by atoms with Crippen LogP contribution in [0.4, 0.5) is 10.5 Å². The van der Waals surface area contributed by atoms with Crippen molar-refractivity contribution < 1.29 is 9.90 Å². The zero-order valence-corrected chi connectivity index (χ0v) is 12.6. The number of aliphatic hydroxyl groups is 1. The highest BCUT2D eigenvalue weighted by molar-refractivity contribution is 6.29. The van der Waals surface area contributed by atoms with Crippen LogP contribution in [-0.4, -0.2) is 39.7 Å². The summed E-state index contributed by atoms with van der Waals surface area (Å²) in [4.78, 5) is 18.0. The number of rotatable bonds is 1. The van der Waals surface area contributed by atoms with Gasteiger partial charge < -0.3 is 15.3 Å². The quantitative estimate of drug-likeness (QED) is 0.784. The standard InChI is InChI=1S/C15H20ClN3O2/c16-13-9-12(4-7-17-13)18-14(20)19-8-6-15(21)5-2-1-3-11(15)10-19/h4,7,9,11,21H,1-3,5-6,8,10H2,(H,17,18,20). The van der Waals surface area contributed by atoms with Crippen LogP contribution in [-0.2, 0) is 0 Å². The largest absolute Gasteiger partial charge is 0.389 e. The number of aromatic nitrogens is 1. The van der Waals surface area contributed by atoms with Gasteiger partial charge in [0.05, 0.1) is 5.60 Å². The number of likely N-dealkylation sites (tertiary alicyclic amines) is 1. The van der Waals surface area contributed by atoms with E-state index in [9.17, 15) is 9.90 Å². The Kier molecular flexibility index (Phi) is 4.04. The topological polar surface area (TPSA) is 65.5 Å². The molecule has 6 heteroatoms. The van der Waals surface area contributed by atoms with Gasteiger partial charge in [-0.1, -0.05) is 24.4 Å². The molecule has 114 valence electrons. The molecule has 2 amide bonds. The van der Waals surface area contributed by atoms with Crippen molar-refractivity contribution >= 4 is 23.3 Å². The van der Waals surface area contributed by atoms with E-state index in [2.05, 4.69) is 10.3 Å². The monoisotopic (exact) mass is 309 g/mol. The number of amides is 2. The zero-order chi connectivity index (χ0) is 14.9. The van der Waals surface area contributed by atoms with E-state index in [1.54, 1.807) is 23.2 Å². The number of nitrogens with one attached hydrogen (secondary N) is 1. The van der Waals surface area contributed by atoms with Crippen molar-refractivity contribution in [2.24, 2.45) is 5.92 Å². The SMILES string of the molecule is O=C(Nc1ccnc(Cl)c1)N1CCC2(O)CCCCC2C1. The number of pyridine rings is 1. The lowest BCUT2D eigenvalue weighted by Crippen LogP contribution is -2.55. The zero-order valence-electron chi connectivity index (χ0n) is 11.9. The first-order valence-corrected chi connectivity index (χ1v) is 7.84. The van der Waals surface area contributed by atoms with E-state index in [0.29, 0.717) is 30.4 Å². The molecular weight excluding hydrogens is 290 g/mol. The number of hydrogen-bond donors (Lipinski definition) is 2. The van der Waals surface area contributed by atoms with Crippen LogP contribution in [0.5, 0.6) is 0 Å². The molecule has 2 N–H and O–H groups in total. The van der Waals surface area contributed by atoms with E-state index in [0.717, 1.165) is 25.7 Å². The second-order valence-electron chi connectivity index (χ2n) is 6.04. The Labute approximate surface area is 129 Å². The second-order valence-corrected chi connectivity index (χ2v) is 6.43. The molecule has 5 nitrogen and oxygen atoms in total. The molecule has 2 aliphatic rings. The lowest BCUT2D eigenvalue weighted by Gasteiger charge is -2.47. The molecule has 1 aromatic heterocycles. The van der Waals surface area contributed by atoms with Crippen molar-refractivity contribution in [2.75, 3.05) is 18.4 Å². The molecule has 1 aromatic rings. The van der Waals surface area contributed by atoms with Gasteiger partial charge in [-0.15, -0.1) is 0 Å². The van der Waals surface area contributed by atoms with Crippen LogP contribution >= 0.6 is 11.6 Å². The Hall–Kier alpha value is -1.33. The first-order valence-electron chi connectivity index (χ1n) is 7.47. The number of nitrogens with zero attached hydrogens (tertiary/aromatic N) is 2. The fourth-order valence-corrected chi connectivity index (χ4v) is 3.61. The van der Waals surface area contributed by atoms with Gasteiger partial charge in [-0.05, 0) is 31.4 Å². The molecule has 0 bridgehead atoms. The highest BCUT2D eigenvalue weighted by Gasteiger charge is 2.43. The number of fused-ring (bicyclic) bond motifs is 1. The van der Waals surface area contributed by atoms with Crippen molar-refractivity contribution in [3.8, 4) is 0 Å². The molecule has 21 heavy (non-hydrogen) atoms. The first-order chi connectivity index (χ1) is 10.1. The van der Waals surface area contributed by atoms with Crippen LogP contribution < -0.4 is 5.32 Å². The second kappa shape index (κ2) is 5.81. The van der Waals surface area contributed by atoms with Gasteiger partial charge in [-0.25, -0.2) is 9.78 Å². The van der Waals surface area contributed by atoms with Gasteiger partial charge in [0.15, 0.2) is 0 Å². The number of carbonyl (C=O) groups is 1. The van der Waals surface area contributed by atoms with E-state index >= 15 is 0 Å². The summed E-state index contributed by atoms with van der Waals surface area (Å²) in [5.41, 5.74) is 0.0825. The molecule has 1 saturated heterocycles. The maximum atomic E-state index is 12.3. The van der Waals surface area contributed by atoms with Gasteiger partial charge in [0.1, 0.15) is 5.15 Å². The highest BCUT2D eigenvalue weighted by Crippen LogP contribution is 2.39. The number of hydrogen-bond acceptors (Lipinski definition) is 3. The molecule has 3 rings (SSSR count). The molecule has 0 spiro atoms. The molecular formula is C15H20ClN3O2. The van der Waals surface area contributed by atoms with Crippen LogP contribution in [0.3, 0.4) is 0 Å². The van der Waals surface area contributed by atoms with Crippen LogP contribution in [0.2, 0.25) is 5.15 Å². The van der Waals surface area contributed by atoms with Gasteiger partial charge >= 0.3 is 6.03 Å². The van der Waals surface area contributed by atoms with Gasteiger partial charge in [0, 0.05) is 30.9 Å². The smallest absolute Gasteiger partial charge is 0.321 e. The van der Waals surface area contributed by atoms with Crippen LogP contribution in [0.25, 0.3) is 0 Å². The minimum Gasteiger partial charge on any atom is -0.389 e. The fraction of sp³-hybridized carbons (Fsp3) is 0.600. The van der Waals surface area contributed by atoms with Gasteiger partial charge in [-0.2, -0.15) is 0 Å². The van der Waals surface area contributed by atoms with E-state index in [-0.39, 0.29) is 11.9 Å². The van der Waals surface area contributed by atoms with Gasteiger partial charge in [0.25, 0.3) is 0 Å². The summed E-state index contributed by atoms with van der Waals surface area (Å²) < 4.78 is 0. The summed E-state index contributed by atoms with van der Waals surface area (Å²) in [6, 6.07) is 3.20. The van der Waals surface area contributed by atoms with E-state index in [1.165, 1.54) is 0 Å². The predicted octanol–water partition coefficient (Wildman–Crippen LogP) is 2.89. The molecule has 0 radical (unpaired) electrons. The third-order valence-electron chi connectivity index (χ3n) is 4.69. The molecule has 1 saturated carbocycles. The molecule has 2 atom stereocenters. The Morgan fingerprint density at radius 3 is 3.14 bits per heavy atom. The Bertz CT molecular complexity index is 539. The lowest BCUT2D eigenvalue weighted by atomic mass is 9.71. The van der Waals surface area contributed by atoms with Crippen molar-refractivity contribution in [1.82, 2.24) is 9.88 Å². The number of carbonyl (C=O) groups excluding carboxylic acids is 1. The summed E-state index contributed by atoms with van der Waals surface area (Å²) in [6.45, 7) is 1.22. The van der Waals surface area contributed by atoms with E-state index in [1.807, 2.05) is 0 Å². The molecule has 2 fully saturated rings. The summed E-state index contributed by atoms with van der Waals surface area (Å²) in [6.07, 6.45) is 6.34. The number of halogens is 1. The summed E-state index contributed by atoms with van der Waals surface area (Å²) >= 11 is 5.81. The minimum atomic E-state index is -0.561. The van der Waals surface area contributed by atoms with Crippen molar-refractivity contribution in [1.29, 1.82) is 0 Å². The normalized spacial score (nSPS) is 28.9. The number of anilines is 1. The lowest BCUT2D eigenvalue weighted by molar-refractivity contribution is -0.0863. The van der Waals surface area contributed by atoms with Crippen LogP contribution in [0, 0.1) is 5.92 Å². The average molecular weight is 310 g/mol. The third-order valence-corrected chi connectivity index (χ3v) is 4.90. The summed E-state index contributed by atoms with van der Waals surface area (Å²) in [5.74, 6) is 0.201. The molecule has 1 aliphatic heterocycles. The van der Waals surface area contributed by atoms with E-state index < -0.39 is 5.60 Å². The predicted molar refractivity (Wildman–Crippen MR) is 81.4 cm³/mol. The van der Waals surface area contributed by atoms with Crippen LogP contribution in [0.1, 0.15) is 32.1 Å². The third kappa shape index (κ3) is 3.14. The first kappa shape index (κ1) is 14.6. The Balaban J connectivity index is 1.64. The minimum absolute atomic E-state index is 0.134. The molecule has 2 unspecified atom stereocenters. The van der Waals surface area contributed by atoms with Crippen molar-refractivity contribution in [3.05, 3.63) is 23.5 Å². The van der Waals surface area contributed by atoms with Gasteiger partial charge in [-0.3, -0.25) is 0 Å². The Morgan fingerprint density at radius 1 is 1.48 bits per heavy atom. The highest BCUT2D eigenvalue weighted by atomic mass is 35.5. The maximum Gasteiger partial charge on any atom is 0.321 e. The van der Waals surface area contributed by atoms with Gasteiger partial charge in [0.2, 0.25) is 0 Å². The molecule has 2 heterocycles. The average Bonchev–Trinajstić information content (AvgIpc) is 2.46. The van der Waals surface area contributed by atoms with Crippen LogP contribution in [0.15, 0.2) is 18.3 Å². The summed E-state index contributed by atoms with van der Waals surface area (Å²) in [5, 5.41) is 13.8. The Morgan fingerprint density at radius 2 is 2.33 bits per heavy atom. The molecule has 0 aromatic carbocycles.